The third-order valence-corrected chi connectivity index (χ3v) is 8.67. The Kier molecular flexibility index (Phi) is 16.0. The lowest BCUT2D eigenvalue weighted by Gasteiger charge is -2.29. The minimum atomic E-state index is -0.278. The van der Waals surface area contributed by atoms with Gasteiger partial charge in [0.05, 0.1) is 38.4 Å². The summed E-state index contributed by atoms with van der Waals surface area (Å²) in [7, 11) is 3.29. The van der Waals surface area contributed by atoms with Crippen LogP contribution in [0.25, 0.3) is 0 Å². The molecule has 0 N–H and O–H groups in total. The third-order valence-electron chi connectivity index (χ3n) is 8.67. The zero-order valence-corrected chi connectivity index (χ0v) is 26.7. The Balaban J connectivity index is 0.000000281. The van der Waals surface area contributed by atoms with Crippen LogP contribution in [0, 0.1) is 17.8 Å². The lowest BCUT2D eigenvalue weighted by molar-refractivity contribution is -0.140. The van der Waals surface area contributed by atoms with E-state index in [2.05, 4.69) is 6.92 Å². The summed E-state index contributed by atoms with van der Waals surface area (Å²) in [6, 6.07) is 13.2. The van der Waals surface area contributed by atoms with Gasteiger partial charge in [0.2, 0.25) is 0 Å². The van der Waals surface area contributed by atoms with Crippen molar-refractivity contribution in [2.75, 3.05) is 40.6 Å². The molecule has 2 aliphatic carbocycles. The van der Waals surface area contributed by atoms with Crippen LogP contribution in [-0.4, -0.2) is 59.2 Å². The summed E-state index contributed by atoms with van der Waals surface area (Å²) in [4.78, 5) is 35.0. The van der Waals surface area contributed by atoms with Crippen LogP contribution in [0.15, 0.2) is 42.5 Å². The van der Waals surface area contributed by atoms with Crippen LogP contribution < -0.4 is 14.2 Å². The highest BCUT2D eigenvalue weighted by molar-refractivity contribution is 5.83. The van der Waals surface area contributed by atoms with Crippen molar-refractivity contribution in [1.82, 2.24) is 0 Å². The first-order valence-corrected chi connectivity index (χ1v) is 16.1. The number of ether oxygens (including phenoxy) is 5. The Hall–Kier alpha value is -3.23. The lowest BCUT2D eigenvalue weighted by Crippen LogP contribution is -2.26. The second-order valence-electron chi connectivity index (χ2n) is 11.7. The third kappa shape index (κ3) is 11.7. The topological polar surface area (TPSA) is 97.4 Å². The number of carbonyl (C=O) groups excluding carboxylic acids is 3. The van der Waals surface area contributed by atoms with Gasteiger partial charge in [-0.2, -0.15) is 0 Å². The van der Waals surface area contributed by atoms with E-state index in [4.69, 9.17) is 23.7 Å². The van der Waals surface area contributed by atoms with E-state index in [0.29, 0.717) is 56.5 Å². The molecule has 2 aliphatic rings. The molecule has 2 saturated carbocycles. The van der Waals surface area contributed by atoms with Crippen molar-refractivity contribution in [3.8, 4) is 17.2 Å². The number of rotatable bonds is 15. The van der Waals surface area contributed by atoms with Gasteiger partial charge in [-0.1, -0.05) is 25.8 Å². The largest absolute Gasteiger partial charge is 0.497 e. The highest BCUT2D eigenvalue weighted by Gasteiger charge is 2.28. The molecule has 0 spiro atoms. The van der Waals surface area contributed by atoms with Gasteiger partial charge in [0.25, 0.3) is 0 Å². The first-order valence-electron chi connectivity index (χ1n) is 16.1. The van der Waals surface area contributed by atoms with Crippen LogP contribution in [0.1, 0.15) is 93.0 Å². The summed E-state index contributed by atoms with van der Waals surface area (Å²) in [5, 5.41) is 0. The first kappa shape index (κ1) is 35.3. The van der Waals surface area contributed by atoms with Crippen LogP contribution in [0.4, 0.5) is 0 Å². The normalized spacial score (nSPS) is 21.3. The van der Waals surface area contributed by atoms with Gasteiger partial charge in [-0.3, -0.25) is 9.59 Å². The van der Waals surface area contributed by atoms with Gasteiger partial charge in [0.1, 0.15) is 30.1 Å². The highest BCUT2D eigenvalue weighted by atomic mass is 16.5. The van der Waals surface area contributed by atoms with E-state index in [9.17, 15) is 14.4 Å². The van der Waals surface area contributed by atoms with E-state index < -0.39 is 0 Å². The van der Waals surface area contributed by atoms with Crippen LogP contribution >= 0.6 is 0 Å². The maximum atomic E-state index is 12.5. The van der Waals surface area contributed by atoms with Gasteiger partial charge in [-0.15, -0.1) is 0 Å². The van der Waals surface area contributed by atoms with Gasteiger partial charge in [0, 0.05) is 13.0 Å². The fourth-order valence-electron chi connectivity index (χ4n) is 6.02. The van der Waals surface area contributed by atoms with E-state index in [0.717, 1.165) is 42.8 Å². The van der Waals surface area contributed by atoms with E-state index in [1.54, 1.807) is 20.3 Å². The molecular weight excluding hydrogens is 560 g/mol. The first-order chi connectivity index (χ1) is 21.5. The fourth-order valence-corrected chi connectivity index (χ4v) is 6.02. The average Bonchev–Trinajstić information content (AvgIpc) is 3.07. The van der Waals surface area contributed by atoms with Crippen molar-refractivity contribution in [2.24, 2.45) is 17.8 Å². The smallest absolute Gasteiger partial charge is 0.314 e. The fraction of sp³-hybridized carbons (Fsp3) is 0.583. The van der Waals surface area contributed by atoms with E-state index in [1.807, 2.05) is 36.4 Å². The maximum Gasteiger partial charge on any atom is 0.314 e. The van der Waals surface area contributed by atoms with Crippen molar-refractivity contribution in [2.45, 2.75) is 77.0 Å². The summed E-state index contributed by atoms with van der Waals surface area (Å²) in [5.41, 5.74) is 1.64. The van der Waals surface area contributed by atoms with Crippen LogP contribution in [0.2, 0.25) is 0 Å². The number of aldehydes is 2. The number of hydrogen-bond donors (Lipinski definition) is 0. The van der Waals surface area contributed by atoms with E-state index in [1.165, 1.54) is 44.1 Å². The minimum absolute atomic E-state index is 0.0706. The molecule has 242 valence electrons. The summed E-state index contributed by atoms with van der Waals surface area (Å²) >= 11 is 0. The summed E-state index contributed by atoms with van der Waals surface area (Å²) in [5.74, 6) is 2.96. The molecule has 0 aromatic heterocycles. The lowest BCUT2D eigenvalue weighted by atomic mass is 9.77. The van der Waals surface area contributed by atoms with Crippen molar-refractivity contribution in [1.29, 1.82) is 0 Å². The second kappa shape index (κ2) is 19.9. The average molecular weight is 611 g/mol. The quantitative estimate of drug-likeness (QED) is 0.0903. The summed E-state index contributed by atoms with van der Waals surface area (Å²) < 4.78 is 26.2. The molecule has 2 aromatic carbocycles. The number of methoxy groups -OCH3 is 2. The predicted molar refractivity (Wildman–Crippen MR) is 170 cm³/mol. The molecular formula is C36H50O8. The van der Waals surface area contributed by atoms with E-state index in [-0.39, 0.29) is 17.8 Å². The zero-order valence-electron chi connectivity index (χ0n) is 26.7. The molecule has 0 heterocycles. The van der Waals surface area contributed by atoms with Crippen molar-refractivity contribution in [3.63, 3.8) is 0 Å². The number of carbonyl (C=O) groups is 3. The molecule has 0 bridgehead atoms. The molecule has 0 unspecified atom stereocenters. The van der Waals surface area contributed by atoms with Crippen LogP contribution in [0.3, 0.4) is 0 Å². The monoisotopic (exact) mass is 610 g/mol. The Bertz CT molecular complexity index is 1120. The molecule has 0 amide bonds. The summed E-state index contributed by atoms with van der Waals surface area (Å²) in [6.45, 7) is 4.56. The molecule has 0 aliphatic heterocycles. The van der Waals surface area contributed by atoms with Gasteiger partial charge < -0.3 is 28.5 Å². The SMILES string of the molecule is CCCC1CCC(c2ccc(OC(=O)C3CCC(C=O)CC3)c(C=O)c2)CC1.COCCOCCOc1ccc(OC)cc1. The standard InChI is InChI=1S/C24H32O4.C12H18O4/c1-2-3-17-4-8-19(9-5-17)21-12-13-23(22(14-21)16-26)28-24(27)20-10-6-18(15-25)7-11-20;1-13-7-8-15-9-10-16-12-5-3-11(14-2)4-6-12/h12-20H,2-11H2,1H3;3-6H,7-10H2,1-2H3. The maximum absolute atomic E-state index is 12.5. The molecule has 0 atom stereocenters. The predicted octanol–water partition coefficient (Wildman–Crippen LogP) is 7.22. The number of benzene rings is 2. The molecule has 2 aromatic rings. The zero-order chi connectivity index (χ0) is 31.6. The van der Waals surface area contributed by atoms with Gasteiger partial charge in [-0.25, -0.2) is 0 Å². The Morgan fingerprint density at radius 2 is 1.50 bits per heavy atom. The molecule has 8 heteroatoms. The minimum Gasteiger partial charge on any atom is -0.497 e. The molecule has 8 nitrogen and oxygen atoms in total. The Morgan fingerprint density at radius 3 is 2.11 bits per heavy atom. The van der Waals surface area contributed by atoms with Crippen molar-refractivity contribution < 1.29 is 38.1 Å². The van der Waals surface area contributed by atoms with Crippen LogP contribution in [0.5, 0.6) is 17.2 Å². The van der Waals surface area contributed by atoms with Crippen molar-refractivity contribution in [3.05, 3.63) is 53.6 Å². The molecule has 44 heavy (non-hydrogen) atoms. The Morgan fingerprint density at radius 1 is 0.818 bits per heavy atom. The second-order valence-corrected chi connectivity index (χ2v) is 11.7. The van der Waals surface area contributed by atoms with Gasteiger partial charge in [-0.05, 0) is 105 Å². The van der Waals surface area contributed by atoms with Crippen LogP contribution in [-0.2, 0) is 19.1 Å². The Labute approximate surface area is 262 Å². The van der Waals surface area contributed by atoms with Crippen molar-refractivity contribution >= 4 is 18.5 Å². The van der Waals surface area contributed by atoms with Gasteiger partial charge in [0.15, 0.2) is 6.29 Å². The van der Waals surface area contributed by atoms with E-state index >= 15 is 0 Å². The van der Waals surface area contributed by atoms with Gasteiger partial charge >= 0.3 is 5.97 Å². The highest BCUT2D eigenvalue weighted by Crippen LogP contribution is 2.39. The summed E-state index contributed by atoms with van der Waals surface area (Å²) in [6.07, 6.45) is 12.0. The molecule has 0 saturated heterocycles. The molecule has 4 rings (SSSR count). The number of hydrogen-bond acceptors (Lipinski definition) is 8. The number of esters is 1. The molecule has 2 fully saturated rings. The molecule has 0 radical (unpaired) electrons.